The lowest BCUT2D eigenvalue weighted by Crippen LogP contribution is -2.50. The van der Waals surface area contributed by atoms with Crippen LogP contribution in [-0.4, -0.2) is 52.8 Å². The van der Waals surface area contributed by atoms with Crippen molar-refractivity contribution in [3.05, 3.63) is 29.1 Å². The van der Waals surface area contributed by atoms with Gasteiger partial charge in [0.05, 0.1) is 0 Å². The molecule has 5 heteroatoms. The lowest BCUT2D eigenvalue weighted by Gasteiger charge is -2.34. The first-order chi connectivity index (χ1) is 9.00. The van der Waals surface area contributed by atoms with E-state index in [1.54, 1.807) is 29.0 Å². The molecule has 1 aliphatic rings. The quantitative estimate of drug-likeness (QED) is 0.758. The Morgan fingerprint density at radius 3 is 2.26 bits per heavy atom. The second-order valence-electron chi connectivity index (χ2n) is 4.87. The van der Waals surface area contributed by atoms with Crippen LogP contribution in [0.1, 0.15) is 28.5 Å². The summed E-state index contributed by atoms with van der Waals surface area (Å²) in [6.07, 6.45) is 1.67. The molecule has 2 heterocycles. The van der Waals surface area contributed by atoms with Gasteiger partial charge in [0, 0.05) is 50.6 Å². The van der Waals surface area contributed by atoms with Crippen molar-refractivity contribution >= 4 is 11.8 Å². The van der Waals surface area contributed by atoms with Gasteiger partial charge in [-0.15, -0.1) is 0 Å². The van der Waals surface area contributed by atoms with Gasteiger partial charge >= 0.3 is 0 Å². The molecule has 0 N–H and O–H groups in total. The minimum absolute atomic E-state index is 0.0335. The van der Waals surface area contributed by atoms with Gasteiger partial charge in [-0.1, -0.05) is 0 Å². The summed E-state index contributed by atoms with van der Waals surface area (Å²) in [7, 11) is 0. The average Bonchev–Trinajstić information content (AvgIpc) is 2.41. The molecule has 0 saturated carbocycles. The Morgan fingerprint density at radius 2 is 1.68 bits per heavy atom. The highest BCUT2D eigenvalue weighted by Crippen LogP contribution is 2.14. The fourth-order valence-corrected chi connectivity index (χ4v) is 2.27. The van der Waals surface area contributed by atoms with E-state index in [0.29, 0.717) is 31.7 Å². The van der Waals surface area contributed by atoms with Crippen molar-refractivity contribution in [1.29, 1.82) is 0 Å². The Bertz CT molecular complexity index is 505. The van der Waals surface area contributed by atoms with Crippen LogP contribution in [0.2, 0.25) is 0 Å². The first kappa shape index (κ1) is 13.5. The van der Waals surface area contributed by atoms with E-state index in [1.165, 1.54) is 0 Å². The van der Waals surface area contributed by atoms with E-state index >= 15 is 0 Å². The first-order valence-corrected chi connectivity index (χ1v) is 6.47. The summed E-state index contributed by atoms with van der Waals surface area (Å²) >= 11 is 0. The smallest absolute Gasteiger partial charge is 0.254 e. The zero-order valence-corrected chi connectivity index (χ0v) is 11.6. The van der Waals surface area contributed by atoms with Crippen LogP contribution < -0.4 is 0 Å². The van der Waals surface area contributed by atoms with Crippen molar-refractivity contribution in [3.8, 4) is 0 Å². The van der Waals surface area contributed by atoms with Crippen LogP contribution in [0.4, 0.5) is 0 Å². The van der Waals surface area contributed by atoms with Crippen LogP contribution in [0, 0.1) is 13.8 Å². The number of pyridine rings is 1. The molecule has 0 aromatic carbocycles. The Morgan fingerprint density at radius 1 is 1.11 bits per heavy atom. The first-order valence-electron chi connectivity index (χ1n) is 6.47. The average molecular weight is 261 g/mol. The van der Waals surface area contributed by atoms with E-state index in [0.717, 1.165) is 11.3 Å². The van der Waals surface area contributed by atoms with Crippen molar-refractivity contribution in [2.75, 3.05) is 26.2 Å². The van der Waals surface area contributed by atoms with Gasteiger partial charge in [-0.3, -0.25) is 14.6 Å². The predicted octanol–water partition coefficient (Wildman–Crippen LogP) is 1.00. The van der Waals surface area contributed by atoms with Crippen molar-refractivity contribution in [1.82, 2.24) is 14.8 Å². The summed E-state index contributed by atoms with van der Waals surface area (Å²) in [6.45, 7) is 7.81. The Balaban J connectivity index is 2.09. The number of aromatic nitrogens is 1. The van der Waals surface area contributed by atoms with Crippen LogP contribution in [0.25, 0.3) is 0 Å². The van der Waals surface area contributed by atoms with Crippen LogP contribution in [0.5, 0.6) is 0 Å². The molecule has 1 aliphatic heterocycles. The fourth-order valence-electron chi connectivity index (χ4n) is 2.27. The molecule has 2 rings (SSSR count). The molecular weight excluding hydrogens is 242 g/mol. The van der Waals surface area contributed by atoms with Crippen molar-refractivity contribution in [2.24, 2.45) is 0 Å². The molecular formula is C14H19N3O2. The number of piperazine rings is 1. The van der Waals surface area contributed by atoms with E-state index in [9.17, 15) is 9.59 Å². The molecule has 0 spiro atoms. The van der Waals surface area contributed by atoms with E-state index < -0.39 is 0 Å². The number of hydrogen-bond donors (Lipinski definition) is 0. The highest BCUT2D eigenvalue weighted by atomic mass is 16.2. The number of rotatable bonds is 1. The van der Waals surface area contributed by atoms with Crippen LogP contribution >= 0.6 is 0 Å². The number of carbonyl (C=O) groups is 2. The van der Waals surface area contributed by atoms with E-state index in [2.05, 4.69) is 4.98 Å². The third-order valence-electron chi connectivity index (χ3n) is 3.70. The molecule has 0 aliphatic carbocycles. The lowest BCUT2D eigenvalue weighted by molar-refractivity contribution is -0.130. The monoisotopic (exact) mass is 261 g/mol. The minimum Gasteiger partial charge on any atom is -0.339 e. The molecule has 0 radical (unpaired) electrons. The number of carbonyl (C=O) groups excluding carboxylic acids is 2. The zero-order valence-electron chi connectivity index (χ0n) is 11.6. The maximum Gasteiger partial charge on any atom is 0.254 e. The summed E-state index contributed by atoms with van der Waals surface area (Å²) in [5.74, 6) is 0.106. The predicted molar refractivity (Wildman–Crippen MR) is 71.9 cm³/mol. The molecule has 1 aromatic heterocycles. The minimum atomic E-state index is 0.0335. The fraction of sp³-hybridized carbons (Fsp3) is 0.500. The third kappa shape index (κ3) is 2.75. The molecule has 19 heavy (non-hydrogen) atoms. The highest BCUT2D eigenvalue weighted by Gasteiger charge is 2.24. The maximum absolute atomic E-state index is 12.4. The largest absolute Gasteiger partial charge is 0.339 e. The number of amides is 2. The summed E-state index contributed by atoms with van der Waals surface area (Å²) < 4.78 is 0. The molecule has 0 unspecified atom stereocenters. The summed E-state index contributed by atoms with van der Waals surface area (Å²) in [5, 5.41) is 0. The molecule has 1 fully saturated rings. The Labute approximate surface area is 113 Å². The summed E-state index contributed by atoms with van der Waals surface area (Å²) in [4.78, 5) is 31.5. The SMILES string of the molecule is CC(=O)N1CCN(C(=O)c2ccnc(C)c2C)CC1. The summed E-state index contributed by atoms with van der Waals surface area (Å²) in [6, 6.07) is 1.77. The van der Waals surface area contributed by atoms with Gasteiger partial charge in [0.25, 0.3) is 5.91 Å². The third-order valence-corrected chi connectivity index (χ3v) is 3.70. The van der Waals surface area contributed by atoms with Crippen LogP contribution in [0.15, 0.2) is 12.3 Å². The van der Waals surface area contributed by atoms with E-state index in [-0.39, 0.29) is 11.8 Å². The highest BCUT2D eigenvalue weighted by molar-refractivity contribution is 5.95. The number of nitrogens with zero attached hydrogens (tertiary/aromatic N) is 3. The van der Waals surface area contributed by atoms with Crippen LogP contribution in [0.3, 0.4) is 0 Å². The van der Waals surface area contributed by atoms with Gasteiger partial charge in [-0.2, -0.15) is 0 Å². The zero-order chi connectivity index (χ0) is 14.0. The lowest BCUT2D eigenvalue weighted by atomic mass is 10.1. The van der Waals surface area contributed by atoms with Crippen molar-refractivity contribution in [3.63, 3.8) is 0 Å². The number of aryl methyl sites for hydroxylation is 1. The molecule has 2 amide bonds. The van der Waals surface area contributed by atoms with Gasteiger partial charge in [-0.05, 0) is 25.5 Å². The van der Waals surface area contributed by atoms with Crippen LogP contribution in [-0.2, 0) is 4.79 Å². The molecule has 0 atom stereocenters. The van der Waals surface area contributed by atoms with Gasteiger partial charge in [0.1, 0.15) is 0 Å². The topological polar surface area (TPSA) is 53.5 Å². The van der Waals surface area contributed by atoms with Gasteiger partial charge in [-0.25, -0.2) is 0 Å². The second kappa shape index (κ2) is 5.38. The molecule has 102 valence electrons. The van der Waals surface area contributed by atoms with Crippen molar-refractivity contribution < 1.29 is 9.59 Å². The van der Waals surface area contributed by atoms with Gasteiger partial charge in [0.2, 0.25) is 5.91 Å². The second-order valence-corrected chi connectivity index (χ2v) is 4.87. The molecule has 1 aromatic rings. The maximum atomic E-state index is 12.4. The van der Waals surface area contributed by atoms with E-state index in [1.807, 2.05) is 13.8 Å². The molecule has 5 nitrogen and oxygen atoms in total. The Kier molecular flexibility index (Phi) is 3.83. The normalized spacial score (nSPS) is 15.5. The summed E-state index contributed by atoms with van der Waals surface area (Å²) in [5.41, 5.74) is 2.53. The van der Waals surface area contributed by atoms with Gasteiger partial charge in [0.15, 0.2) is 0 Å². The van der Waals surface area contributed by atoms with Crippen molar-refractivity contribution in [2.45, 2.75) is 20.8 Å². The van der Waals surface area contributed by atoms with Gasteiger partial charge < -0.3 is 9.80 Å². The standard InChI is InChI=1S/C14H19N3O2/c1-10-11(2)15-5-4-13(10)14(19)17-8-6-16(7-9-17)12(3)18/h4-5H,6-9H2,1-3H3. The molecule has 0 bridgehead atoms. The molecule has 1 saturated heterocycles. The van der Waals surface area contributed by atoms with E-state index in [4.69, 9.17) is 0 Å². The number of hydrogen-bond acceptors (Lipinski definition) is 3. The Hall–Kier alpha value is -1.91.